The molecule has 3 N–H and O–H groups in total. The van der Waals surface area contributed by atoms with Gasteiger partial charge in [-0.25, -0.2) is 13.4 Å². The van der Waals surface area contributed by atoms with Crippen LogP contribution in [0.5, 0.6) is 0 Å². The molecule has 0 saturated carbocycles. The van der Waals surface area contributed by atoms with Gasteiger partial charge in [0.05, 0.1) is 38.1 Å². The molecule has 0 aliphatic carbocycles. The van der Waals surface area contributed by atoms with Crippen molar-refractivity contribution in [3.05, 3.63) is 29.8 Å². The molecule has 3 rings (SSSR count). The summed E-state index contributed by atoms with van der Waals surface area (Å²) in [5.41, 5.74) is 3.35. The van der Waals surface area contributed by atoms with E-state index in [9.17, 15) is 13.2 Å². The molecule has 24 heavy (non-hydrogen) atoms. The number of nitrogens with zero attached hydrogens (tertiary/aromatic N) is 2. The number of carbonyl (C=O) groups excluding carboxylic acids is 1. The zero-order valence-corrected chi connectivity index (χ0v) is 14.6. The molecule has 1 atom stereocenters. The number of nitrogens with one attached hydrogen (secondary N) is 3. The fourth-order valence-corrected chi connectivity index (χ4v) is 3.97. The van der Waals surface area contributed by atoms with Crippen LogP contribution in [-0.2, 0) is 14.8 Å². The molecule has 0 bridgehead atoms. The number of hydrogen-bond acceptors (Lipinski definition) is 5. The first-order valence-electron chi connectivity index (χ1n) is 7.93. The van der Waals surface area contributed by atoms with Gasteiger partial charge >= 0.3 is 0 Å². The second kappa shape index (κ2) is 6.50. The molecule has 1 aromatic carbocycles. The Morgan fingerprint density at radius 1 is 1.33 bits per heavy atom. The quantitative estimate of drug-likeness (QED) is 0.585. The van der Waals surface area contributed by atoms with E-state index in [0.717, 1.165) is 26.2 Å². The van der Waals surface area contributed by atoms with Crippen LogP contribution in [0.15, 0.2) is 34.2 Å². The van der Waals surface area contributed by atoms with Gasteiger partial charge in [0.1, 0.15) is 11.9 Å². The van der Waals surface area contributed by atoms with E-state index in [-0.39, 0.29) is 16.6 Å². The minimum absolute atomic E-state index is 0.193. The monoisotopic (exact) mass is 352 g/mol. The highest BCUT2D eigenvalue weighted by molar-refractivity contribution is 7.90. The third kappa shape index (κ3) is 3.42. The number of carbonyl (C=O) groups is 1. The van der Waals surface area contributed by atoms with Crippen LogP contribution < -0.4 is 15.0 Å². The van der Waals surface area contributed by atoms with Crippen molar-refractivity contribution in [1.82, 2.24) is 15.2 Å². The largest absolute Gasteiger partial charge is 0.335 e. The molecule has 1 amide bonds. The van der Waals surface area contributed by atoms with Crippen molar-refractivity contribution in [2.45, 2.75) is 17.9 Å². The Labute approximate surface area is 141 Å². The molecule has 2 aliphatic rings. The number of fused-ring (bicyclic) bond motifs is 1. The second-order valence-electron chi connectivity index (χ2n) is 6.18. The van der Waals surface area contributed by atoms with E-state index in [1.54, 1.807) is 25.1 Å². The van der Waals surface area contributed by atoms with Gasteiger partial charge < -0.3 is 4.90 Å². The number of rotatable bonds is 3. The molecule has 1 saturated heterocycles. The molecule has 0 radical (unpaired) electrons. The van der Waals surface area contributed by atoms with Gasteiger partial charge in [-0.15, -0.1) is 0 Å². The zero-order chi connectivity index (χ0) is 17.3. The Kier molecular flexibility index (Phi) is 4.57. The lowest BCUT2D eigenvalue weighted by Crippen LogP contribution is -3.12. The second-order valence-corrected chi connectivity index (χ2v) is 7.83. The van der Waals surface area contributed by atoms with Crippen LogP contribution >= 0.6 is 0 Å². The molecule has 8 nitrogen and oxygen atoms in total. The standard InChI is InChI=1S/C15H21N5O3S/c1-11(15(21)17-20-9-7-19(2)8-10-20)16-14-12-5-3-4-6-13(12)24(22,23)18-14/h3-6,11H,7-10H2,1-2H3,(H,16,18)(H,17,21)/p+1/t11-/m0/s1. The van der Waals surface area contributed by atoms with Crippen molar-refractivity contribution in [2.75, 3.05) is 33.2 Å². The van der Waals surface area contributed by atoms with Crippen LogP contribution in [0.4, 0.5) is 0 Å². The van der Waals surface area contributed by atoms with E-state index in [0.29, 0.717) is 5.56 Å². The number of likely N-dealkylation sites (N-methyl/N-ethyl adjacent to an activating group) is 1. The molecule has 2 aliphatic heterocycles. The SMILES string of the molecule is C[C@H](N=C1NS(=O)(=O)c2ccccc21)C(=O)NN1CC[NH+](C)CC1. The predicted octanol–water partition coefficient (Wildman–Crippen LogP) is -2.02. The Morgan fingerprint density at radius 3 is 2.71 bits per heavy atom. The highest BCUT2D eigenvalue weighted by atomic mass is 32.2. The van der Waals surface area contributed by atoms with Crippen LogP contribution in [0.1, 0.15) is 12.5 Å². The van der Waals surface area contributed by atoms with Crippen LogP contribution in [0.25, 0.3) is 0 Å². The molecular formula is C15H22N5O3S+. The first-order chi connectivity index (χ1) is 11.4. The molecule has 2 heterocycles. The molecule has 9 heteroatoms. The van der Waals surface area contributed by atoms with E-state index >= 15 is 0 Å². The smallest absolute Gasteiger partial charge is 0.263 e. The lowest BCUT2D eigenvalue weighted by Gasteiger charge is -2.30. The maximum atomic E-state index is 12.3. The summed E-state index contributed by atoms with van der Waals surface area (Å²) in [5, 5.41) is 1.89. The summed E-state index contributed by atoms with van der Waals surface area (Å²) in [6, 6.07) is 5.92. The van der Waals surface area contributed by atoms with Gasteiger partial charge in [0.2, 0.25) is 0 Å². The number of aliphatic imine (C=N–C) groups is 1. The summed E-state index contributed by atoms with van der Waals surface area (Å²) in [4.78, 5) is 18.2. The van der Waals surface area contributed by atoms with E-state index < -0.39 is 16.1 Å². The Balaban J connectivity index is 1.71. The number of sulfonamides is 1. The van der Waals surface area contributed by atoms with E-state index in [1.807, 2.05) is 5.01 Å². The van der Waals surface area contributed by atoms with Crippen molar-refractivity contribution < 1.29 is 18.1 Å². The maximum absolute atomic E-state index is 12.3. The highest BCUT2D eigenvalue weighted by Crippen LogP contribution is 2.22. The van der Waals surface area contributed by atoms with Crippen LogP contribution in [0, 0.1) is 0 Å². The molecule has 130 valence electrons. The van der Waals surface area contributed by atoms with Gasteiger partial charge in [0.15, 0.2) is 0 Å². The Hall–Kier alpha value is -1.97. The van der Waals surface area contributed by atoms with Gasteiger partial charge in [-0.05, 0) is 19.1 Å². The number of hydrogen-bond donors (Lipinski definition) is 3. The molecule has 1 fully saturated rings. The average molecular weight is 352 g/mol. The number of amidine groups is 1. The minimum atomic E-state index is -3.59. The first kappa shape index (κ1) is 16.9. The summed E-state index contributed by atoms with van der Waals surface area (Å²) in [6.07, 6.45) is 0. The summed E-state index contributed by atoms with van der Waals surface area (Å²) < 4.78 is 26.5. The van der Waals surface area contributed by atoms with E-state index in [1.165, 1.54) is 11.0 Å². The minimum Gasteiger partial charge on any atom is -0.335 e. The van der Waals surface area contributed by atoms with Crippen LogP contribution in [0.2, 0.25) is 0 Å². The molecule has 0 spiro atoms. The van der Waals surface area contributed by atoms with Crippen LogP contribution in [-0.4, -0.2) is 64.4 Å². The fraction of sp³-hybridized carbons (Fsp3) is 0.467. The van der Waals surface area contributed by atoms with Crippen molar-refractivity contribution >= 4 is 21.8 Å². The van der Waals surface area contributed by atoms with E-state index in [4.69, 9.17) is 0 Å². The van der Waals surface area contributed by atoms with E-state index in [2.05, 4.69) is 22.2 Å². The van der Waals surface area contributed by atoms with Gasteiger partial charge in [0.25, 0.3) is 15.9 Å². The number of benzene rings is 1. The number of hydrazine groups is 1. The topological polar surface area (TPSA) is 95.3 Å². The third-order valence-corrected chi connectivity index (χ3v) is 5.65. The summed E-state index contributed by atoms with van der Waals surface area (Å²) in [5.74, 6) is -0.0262. The lowest BCUT2D eigenvalue weighted by atomic mass is 10.2. The lowest BCUT2D eigenvalue weighted by molar-refractivity contribution is -0.884. The molecule has 0 unspecified atom stereocenters. The van der Waals surface area contributed by atoms with Crippen molar-refractivity contribution in [1.29, 1.82) is 0 Å². The normalized spacial score (nSPS) is 23.5. The average Bonchev–Trinajstić information content (AvgIpc) is 2.81. The van der Waals surface area contributed by atoms with Crippen molar-refractivity contribution in [3.63, 3.8) is 0 Å². The maximum Gasteiger partial charge on any atom is 0.263 e. The van der Waals surface area contributed by atoms with Crippen LogP contribution in [0.3, 0.4) is 0 Å². The zero-order valence-electron chi connectivity index (χ0n) is 13.7. The summed E-state index contributed by atoms with van der Waals surface area (Å²) >= 11 is 0. The molecule has 1 aromatic rings. The summed E-state index contributed by atoms with van der Waals surface area (Å²) in [6.45, 7) is 5.16. The fourth-order valence-electron chi connectivity index (χ4n) is 2.73. The van der Waals surface area contributed by atoms with Gasteiger partial charge in [0, 0.05) is 5.56 Å². The Morgan fingerprint density at radius 2 is 2.00 bits per heavy atom. The number of quaternary nitrogens is 1. The van der Waals surface area contributed by atoms with Crippen molar-refractivity contribution in [3.8, 4) is 0 Å². The van der Waals surface area contributed by atoms with Gasteiger partial charge in [-0.3, -0.25) is 19.9 Å². The van der Waals surface area contributed by atoms with Gasteiger partial charge in [-0.1, -0.05) is 12.1 Å². The third-order valence-electron chi connectivity index (χ3n) is 4.25. The Bertz CT molecular complexity index is 769. The first-order valence-corrected chi connectivity index (χ1v) is 9.42. The molecule has 0 aromatic heterocycles. The van der Waals surface area contributed by atoms with Crippen molar-refractivity contribution in [2.24, 2.45) is 4.99 Å². The number of piperazine rings is 1. The van der Waals surface area contributed by atoms with Gasteiger partial charge in [-0.2, -0.15) is 0 Å². The predicted molar refractivity (Wildman–Crippen MR) is 89.1 cm³/mol. The number of amides is 1. The highest BCUT2D eigenvalue weighted by Gasteiger charge is 2.31. The molecular weight excluding hydrogens is 330 g/mol. The summed E-state index contributed by atoms with van der Waals surface area (Å²) in [7, 11) is -1.46.